The molecule has 0 spiro atoms. The SMILES string of the molecule is CN(CC(=O)NCC(N)C1CC1)c1ccccc1[N+](=O)[O-].Cl. The van der Waals surface area contributed by atoms with Gasteiger partial charge in [-0.3, -0.25) is 14.9 Å². The Bertz CT molecular complexity index is 537. The molecular formula is C14H21ClN4O3. The van der Waals surface area contributed by atoms with Crippen LogP contribution in [0.3, 0.4) is 0 Å². The number of nitro benzene ring substituents is 1. The number of hydrogen-bond acceptors (Lipinski definition) is 5. The maximum Gasteiger partial charge on any atom is 0.292 e. The van der Waals surface area contributed by atoms with Crippen molar-refractivity contribution in [2.24, 2.45) is 11.7 Å². The maximum atomic E-state index is 11.9. The maximum absolute atomic E-state index is 11.9. The Morgan fingerprint density at radius 1 is 1.50 bits per heavy atom. The fourth-order valence-corrected chi connectivity index (χ4v) is 2.22. The van der Waals surface area contributed by atoms with E-state index in [1.165, 1.54) is 6.07 Å². The van der Waals surface area contributed by atoms with Gasteiger partial charge < -0.3 is 16.0 Å². The summed E-state index contributed by atoms with van der Waals surface area (Å²) in [5.41, 5.74) is 6.32. The van der Waals surface area contributed by atoms with Gasteiger partial charge in [-0.1, -0.05) is 12.1 Å². The van der Waals surface area contributed by atoms with Crippen molar-refractivity contribution in [2.45, 2.75) is 18.9 Å². The highest BCUT2D eigenvalue weighted by Gasteiger charge is 2.28. The molecule has 0 radical (unpaired) electrons. The fourth-order valence-electron chi connectivity index (χ4n) is 2.22. The Balaban J connectivity index is 0.00000242. The van der Waals surface area contributed by atoms with Crippen LogP contribution in [0.25, 0.3) is 0 Å². The number of nitrogens with zero attached hydrogens (tertiary/aromatic N) is 2. The van der Waals surface area contributed by atoms with E-state index in [-0.39, 0.29) is 36.6 Å². The lowest BCUT2D eigenvalue weighted by molar-refractivity contribution is -0.384. The zero-order valence-electron chi connectivity index (χ0n) is 12.4. The van der Waals surface area contributed by atoms with Crippen LogP contribution in [0.1, 0.15) is 12.8 Å². The largest absolute Gasteiger partial charge is 0.360 e. The first-order valence-corrected chi connectivity index (χ1v) is 6.96. The number of likely N-dealkylation sites (N-methyl/N-ethyl adjacent to an activating group) is 1. The van der Waals surface area contributed by atoms with Gasteiger partial charge in [0.25, 0.3) is 5.69 Å². The molecule has 1 amide bonds. The molecule has 0 aromatic heterocycles. The van der Waals surface area contributed by atoms with Gasteiger partial charge in [0.05, 0.1) is 11.5 Å². The van der Waals surface area contributed by atoms with Gasteiger partial charge in [-0.15, -0.1) is 12.4 Å². The minimum Gasteiger partial charge on any atom is -0.360 e. The molecule has 1 aliphatic rings. The number of nitro groups is 1. The van der Waals surface area contributed by atoms with E-state index in [4.69, 9.17) is 5.73 Å². The van der Waals surface area contributed by atoms with Crippen LogP contribution in [-0.2, 0) is 4.79 Å². The average molecular weight is 329 g/mol. The highest BCUT2D eigenvalue weighted by atomic mass is 35.5. The van der Waals surface area contributed by atoms with Crippen molar-refractivity contribution in [1.82, 2.24) is 5.32 Å². The topological polar surface area (TPSA) is 102 Å². The van der Waals surface area contributed by atoms with Crippen LogP contribution in [-0.4, -0.2) is 37.0 Å². The minimum atomic E-state index is -0.452. The molecule has 122 valence electrons. The fraction of sp³-hybridized carbons (Fsp3) is 0.500. The Hall–Kier alpha value is -1.86. The summed E-state index contributed by atoms with van der Waals surface area (Å²) < 4.78 is 0. The standard InChI is InChI=1S/C14H20N4O3.ClH/c1-17(12-4-2-3-5-13(12)18(20)21)9-14(19)16-8-11(15)10-6-7-10;/h2-5,10-11H,6-9,15H2,1H3,(H,16,19);1H. The van der Waals surface area contributed by atoms with Gasteiger partial charge in [-0.05, 0) is 24.8 Å². The number of carbonyl (C=O) groups excluding carboxylic acids is 1. The van der Waals surface area contributed by atoms with E-state index in [1.807, 2.05) is 0 Å². The second kappa shape index (κ2) is 7.95. The molecular weight excluding hydrogens is 308 g/mol. The van der Waals surface area contributed by atoms with Crippen molar-refractivity contribution in [1.29, 1.82) is 0 Å². The number of carbonyl (C=O) groups is 1. The van der Waals surface area contributed by atoms with Crippen LogP contribution in [0, 0.1) is 16.0 Å². The minimum absolute atomic E-state index is 0. The van der Waals surface area contributed by atoms with Crippen LogP contribution in [0.5, 0.6) is 0 Å². The average Bonchev–Trinajstić information content (AvgIpc) is 3.29. The number of anilines is 1. The number of benzene rings is 1. The molecule has 0 aliphatic heterocycles. The molecule has 1 saturated carbocycles. The van der Waals surface area contributed by atoms with Crippen molar-refractivity contribution in [3.8, 4) is 0 Å². The molecule has 1 atom stereocenters. The van der Waals surface area contributed by atoms with E-state index in [0.717, 1.165) is 12.8 Å². The first-order chi connectivity index (χ1) is 9.99. The van der Waals surface area contributed by atoms with Crippen LogP contribution in [0.4, 0.5) is 11.4 Å². The first-order valence-electron chi connectivity index (χ1n) is 6.96. The van der Waals surface area contributed by atoms with E-state index in [9.17, 15) is 14.9 Å². The summed E-state index contributed by atoms with van der Waals surface area (Å²) in [5, 5.41) is 13.7. The smallest absolute Gasteiger partial charge is 0.292 e. The van der Waals surface area contributed by atoms with Crippen molar-refractivity contribution in [2.75, 3.05) is 25.0 Å². The van der Waals surface area contributed by atoms with Crippen LogP contribution in [0.2, 0.25) is 0 Å². The Morgan fingerprint density at radius 3 is 2.73 bits per heavy atom. The normalized spacial score (nSPS) is 14.6. The number of rotatable bonds is 7. The van der Waals surface area contributed by atoms with Crippen LogP contribution < -0.4 is 16.0 Å². The van der Waals surface area contributed by atoms with E-state index >= 15 is 0 Å². The third-order valence-electron chi connectivity index (χ3n) is 3.63. The summed E-state index contributed by atoms with van der Waals surface area (Å²) in [5.74, 6) is 0.338. The second-order valence-corrected chi connectivity index (χ2v) is 5.41. The van der Waals surface area contributed by atoms with Gasteiger partial charge in [0, 0.05) is 25.7 Å². The number of nitrogens with one attached hydrogen (secondary N) is 1. The molecule has 0 bridgehead atoms. The van der Waals surface area contributed by atoms with Gasteiger partial charge in [0.15, 0.2) is 0 Å². The lowest BCUT2D eigenvalue weighted by Gasteiger charge is -2.19. The van der Waals surface area contributed by atoms with Gasteiger partial charge in [-0.25, -0.2) is 0 Å². The van der Waals surface area contributed by atoms with E-state index in [1.54, 1.807) is 30.1 Å². The monoisotopic (exact) mass is 328 g/mol. The summed E-state index contributed by atoms with van der Waals surface area (Å²) in [6.45, 7) is 0.510. The number of amides is 1. The summed E-state index contributed by atoms with van der Waals surface area (Å²) >= 11 is 0. The quantitative estimate of drug-likeness (QED) is 0.580. The number of para-hydroxylation sites is 2. The molecule has 0 saturated heterocycles. The zero-order valence-corrected chi connectivity index (χ0v) is 13.2. The molecule has 1 unspecified atom stereocenters. The molecule has 0 heterocycles. The first kappa shape index (κ1) is 18.2. The lowest BCUT2D eigenvalue weighted by Crippen LogP contribution is -2.42. The summed E-state index contributed by atoms with van der Waals surface area (Å²) in [6, 6.07) is 6.36. The van der Waals surface area contributed by atoms with E-state index in [2.05, 4.69) is 5.32 Å². The predicted octanol–water partition coefficient (Wildman–Crippen LogP) is 1.31. The lowest BCUT2D eigenvalue weighted by atomic mass is 10.2. The molecule has 1 aromatic carbocycles. The van der Waals surface area contributed by atoms with Crippen LogP contribution in [0.15, 0.2) is 24.3 Å². The zero-order chi connectivity index (χ0) is 15.4. The molecule has 1 fully saturated rings. The molecule has 8 heteroatoms. The Labute approximate surface area is 135 Å². The van der Waals surface area contributed by atoms with Gasteiger partial charge in [0.1, 0.15) is 5.69 Å². The van der Waals surface area contributed by atoms with Crippen LogP contribution >= 0.6 is 12.4 Å². The third-order valence-corrected chi connectivity index (χ3v) is 3.63. The second-order valence-electron chi connectivity index (χ2n) is 5.41. The van der Waals surface area contributed by atoms with Gasteiger partial charge in [-0.2, -0.15) is 0 Å². The van der Waals surface area contributed by atoms with Crippen molar-refractivity contribution in [3.05, 3.63) is 34.4 Å². The van der Waals surface area contributed by atoms with Crippen molar-refractivity contribution < 1.29 is 9.72 Å². The summed E-state index contributed by atoms with van der Waals surface area (Å²) in [6.07, 6.45) is 2.26. The van der Waals surface area contributed by atoms with Gasteiger partial charge >= 0.3 is 0 Å². The van der Waals surface area contributed by atoms with Crippen molar-refractivity contribution >= 4 is 29.7 Å². The number of nitrogens with two attached hydrogens (primary N) is 1. The van der Waals surface area contributed by atoms with E-state index < -0.39 is 4.92 Å². The molecule has 7 nitrogen and oxygen atoms in total. The highest BCUT2D eigenvalue weighted by molar-refractivity contribution is 5.85. The molecule has 2 rings (SSSR count). The van der Waals surface area contributed by atoms with Gasteiger partial charge in [0.2, 0.25) is 5.91 Å². The highest BCUT2D eigenvalue weighted by Crippen LogP contribution is 2.31. The predicted molar refractivity (Wildman–Crippen MR) is 87.3 cm³/mol. The summed E-state index contributed by atoms with van der Waals surface area (Å²) in [7, 11) is 1.66. The molecule has 1 aromatic rings. The van der Waals surface area contributed by atoms with Crippen molar-refractivity contribution in [3.63, 3.8) is 0 Å². The third kappa shape index (κ3) is 4.85. The molecule has 1 aliphatic carbocycles. The Kier molecular flexibility index (Phi) is 6.58. The molecule has 22 heavy (non-hydrogen) atoms. The number of hydrogen-bond donors (Lipinski definition) is 2. The van der Waals surface area contributed by atoms with E-state index in [0.29, 0.717) is 18.2 Å². The number of halogens is 1. The Morgan fingerprint density at radius 2 is 2.14 bits per heavy atom. The molecule has 3 N–H and O–H groups in total. The summed E-state index contributed by atoms with van der Waals surface area (Å²) in [4.78, 5) is 24.0.